The van der Waals surface area contributed by atoms with E-state index in [1.54, 1.807) is 11.8 Å². The first-order chi connectivity index (χ1) is 16.5. The molecular formula is C26H45N3O5. The van der Waals surface area contributed by atoms with Gasteiger partial charge in [-0.25, -0.2) is 4.79 Å². The second kappa shape index (κ2) is 13.4. The van der Waals surface area contributed by atoms with Crippen LogP contribution in [-0.2, 0) is 19.1 Å². The first kappa shape index (κ1) is 26.9. The van der Waals surface area contributed by atoms with E-state index in [9.17, 15) is 19.5 Å². The Morgan fingerprint density at radius 1 is 1.03 bits per heavy atom. The van der Waals surface area contributed by atoms with Gasteiger partial charge < -0.3 is 20.5 Å². The van der Waals surface area contributed by atoms with Crippen LogP contribution in [0.3, 0.4) is 0 Å². The second-order valence-electron chi connectivity index (χ2n) is 10.5. The molecule has 3 aliphatic rings. The number of unbranched alkanes of at least 4 members (excludes halogenated alkanes) is 1. The Morgan fingerprint density at radius 2 is 1.79 bits per heavy atom. The summed E-state index contributed by atoms with van der Waals surface area (Å²) in [5, 5.41) is 13.3. The van der Waals surface area contributed by atoms with E-state index in [-0.39, 0.29) is 23.7 Å². The molecule has 0 radical (unpaired) electrons. The summed E-state index contributed by atoms with van der Waals surface area (Å²) in [6.07, 6.45) is 12.7. The van der Waals surface area contributed by atoms with Crippen molar-refractivity contribution in [2.45, 2.75) is 109 Å². The zero-order valence-corrected chi connectivity index (χ0v) is 20.9. The summed E-state index contributed by atoms with van der Waals surface area (Å²) in [7, 11) is 0. The van der Waals surface area contributed by atoms with Gasteiger partial charge in [0.25, 0.3) is 0 Å². The predicted molar refractivity (Wildman–Crippen MR) is 130 cm³/mol. The molecule has 8 heteroatoms. The normalized spacial score (nSPS) is 26.8. The number of fused-ring (bicyclic) bond motifs is 1. The average Bonchev–Trinajstić information content (AvgIpc) is 3.42. The molecule has 1 amide bonds. The lowest BCUT2D eigenvalue weighted by Gasteiger charge is -2.31. The van der Waals surface area contributed by atoms with Crippen LogP contribution in [0.1, 0.15) is 90.4 Å². The third-order valence-electron chi connectivity index (χ3n) is 8.23. The first-order valence-electron chi connectivity index (χ1n) is 13.6. The number of carbonyl (C=O) groups excluding carboxylic acids is 2. The van der Waals surface area contributed by atoms with Crippen LogP contribution in [0.15, 0.2) is 0 Å². The van der Waals surface area contributed by atoms with Gasteiger partial charge in [0.15, 0.2) is 0 Å². The van der Waals surface area contributed by atoms with Gasteiger partial charge in [-0.1, -0.05) is 44.9 Å². The number of carboxylic acids is 1. The fraction of sp³-hybridized carbons (Fsp3) is 0.885. The van der Waals surface area contributed by atoms with E-state index in [0.29, 0.717) is 38.5 Å². The highest BCUT2D eigenvalue weighted by Gasteiger charge is 2.50. The average molecular weight is 480 g/mol. The van der Waals surface area contributed by atoms with Crippen molar-refractivity contribution in [3.05, 3.63) is 0 Å². The quantitative estimate of drug-likeness (QED) is 0.274. The van der Waals surface area contributed by atoms with Gasteiger partial charge in [0, 0.05) is 6.54 Å². The molecule has 0 bridgehead atoms. The lowest BCUT2D eigenvalue weighted by atomic mass is 9.85. The number of rotatable bonds is 13. The largest absolute Gasteiger partial charge is 0.480 e. The van der Waals surface area contributed by atoms with Crippen molar-refractivity contribution in [3.8, 4) is 0 Å². The summed E-state index contributed by atoms with van der Waals surface area (Å²) in [6, 6.07) is -1.92. The number of aliphatic carboxylic acids is 1. The van der Waals surface area contributed by atoms with Crippen LogP contribution >= 0.6 is 0 Å². The van der Waals surface area contributed by atoms with Gasteiger partial charge in [0.05, 0.1) is 12.6 Å². The molecule has 3 fully saturated rings. The first-order valence-corrected chi connectivity index (χ1v) is 13.6. The highest BCUT2D eigenvalue weighted by atomic mass is 16.5. The Kier molecular flexibility index (Phi) is 10.6. The Morgan fingerprint density at radius 3 is 2.47 bits per heavy atom. The minimum atomic E-state index is -0.914. The third-order valence-corrected chi connectivity index (χ3v) is 8.23. The second-order valence-corrected chi connectivity index (χ2v) is 10.5. The maximum absolute atomic E-state index is 13.7. The van der Waals surface area contributed by atoms with Crippen molar-refractivity contribution >= 4 is 17.8 Å². The molecule has 34 heavy (non-hydrogen) atoms. The molecule has 0 aromatic rings. The number of esters is 1. The number of amides is 1. The molecule has 1 aliphatic heterocycles. The minimum absolute atomic E-state index is 0.0401. The lowest BCUT2D eigenvalue weighted by Crippen LogP contribution is -2.55. The van der Waals surface area contributed by atoms with Crippen molar-refractivity contribution in [1.82, 2.24) is 10.2 Å². The summed E-state index contributed by atoms with van der Waals surface area (Å²) in [6.45, 7) is 3.13. The standard InChI is InChI=1S/C26H45N3O5/c1-2-34-26(33)22(15-14-18-9-4-3-5-10-18)28-21(13-6-7-16-27)24(30)29-17-19-11-8-12-20(19)23(29)25(31)32/h18-23,28H,2-17,27H2,1H3,(H,31,32)/t19?,20?,21-,22?,23?/m0/s1. The predicted octanol–water partition coefficient (Wildman–Crippen LogP) is 3.08. The maximum atomic E-state index is 13.7. The molecule has 5 atom stereocenters. The zero-order valence-electron chi connectivity index (χ0n) is 20.9. The van der Waals surface area contributed by atoms with Crippen LogP contribution in [0.2, 0.25) is 0 Å². The smallest absolute Gasteiger partial charge is 0.326 e. The Bertz CT molecular complexity index is 681. The number of nitrogens with zero attached hydrogens (tertiary/aromatic N) is 1. The molecule has 1 saturated heterocycles. The van der Waals surface area contributed by atoms with Crippen molar-refractivity contribution in [3.63, 3.8) is 0 Å². The molecule has 0 aromatic carbocycles. The van der Waals surface area contributed by atoms with Gasteiger partial charge in [-0.05, 0) is 69.7 Å². The number of likely N-dealkylation sites (tertiary alicyclic amines) is 1. The molecular weight excluding hydrogens is 434 g/mol. The SMILES string of the molecule is CCOC(=O)C(CCC1CCCCC1)N[C@@H](CCCCN)C(=O)N1CC2CCCC2C1C(=O)O. The highest BCUT2D eigenvalue weighted by Crippen LogP contribution is 2.42. The van der Waals surface area contributed by atoms with E-state index in [2.05, 4.69) is 5.32 Å². The Hall–Kier alpha value is -1.67. The monoisotopic (exact) mass is 479 g/mol. The number of ether oxygens (including phenoxy) is 1. The summed E-state index contributed by atoms with van der Waals surface area (Å²) in [4.78, 5) is 40.3. The Labute approximate surface area is 204 Å². The summed E-state index contributed by atoms with van der Waals surface area (Å²) in [5.41, 5.74) is 5.69. The van der Waals surface area contributed by atoms with Crippen LogP contribution in [0.25, 0.3) is 0 Å². The van der Waals surface area contributed by atoms with Gasteiger partial charge >= 0.3 is 11.9 Å². The minimum Gasteiger partial charge on any atom is -0.480 e. The number of nitrogens with one attached hydrogen (secondary N) is 1. The molecule has 4 N–H and O–H groups in total. The van der Waals surface area contributed by atoms with Gasteiger partial charge in [-0.2, -0.15) is 0 Å². The number of hydrogen-bond donors (Lipinski definition) is 3. The van der Waals surface area contributed by atoms with Crippen molar-refractivity contribution in [2.75, 3.05) is 19.7 Å². The topological polar surface area (TPSA) is 122 Å². The van der Waals surface area contributed by atoms with E-state index >= 15 is 0 Å². The zero-order chi connectivity index (χ0) is 24.5. The van der Waals surface area contributed by atoms with E-state index in [1.807, 2.05) is 0 Å². The van der Waals surface area contributed by atoms with Crippen molar-refractivity contribution in [1.29, 1.82) is 0 Å². The number of carboxylic acid groups (broad SMARTS) is 1. The van der Waals surface area contributed by atoms with Gasteiger partial charge in [0.2, 0.25) is 5.91 Å². The van der Waals surface area contributed by atoms with E-state index in [4.69, 9.17) is 10.5 Å². The summed E-state index contributed by atoms with van der Waals surface area (Å²) < 4.78 is 5.36. The van der Waals surface area contributed by atoms with Gasteiger partial charge in [-0.3, -0.25) is 14.9 Å². The van der Waals surface area contributed by atoms with E-state index < -0.39 is 24.1 Å². The van der Waals surface area contributed by atoms with Crippen molar-refractivity contribution in [2.24, 2.45) is 23.5 Å². The molecule has 2 saturated carbocycles. The van der Waals surface area contributed by atoms with Crippen LogP contribution in [0, 0.1) is 17.8 Å². The third kappa shape index (κ3) is 6.94. The van der Waals surface area contributed by atoms with E-state index in [1.165, 1.54) is 32.1 Å². The highest BCUT2D eigenvalue weighted by molar-refractivity contribution is 5.88. The summed E-state index contributed by atoms with van der Waals surface area (Å²) in [5.74, 6) is -0.495. The molecule has 194 valence electrons. The molecule has 4 unspecified atom stereocenters. The van der Waals surface area contributed by atoms with Crippen LogP contribution in [0.4, 0.5) is 0 Å². The van der Waals surface area contributed by atoms with Gasteiger partial charge in [0.1, 0.15) is 12.1 Å². The van der Waals surface area contributed by atoms with Gasteiger partial charge in [-0.15, -0.1) is 0 Å². The fourth-order valence-corrected chi connectivity index (χ4v) is 6.45. The molecule has 2 aliphatic carbocycles. The molecule has 0 spiro atoms. The molecule has 0 aromatic heterocycles. The van der Waals surface area contributed by atoms with Crippen LogP contribution < -0.4 is 11.1 Å². The molecule has 3 rings (SSSR count). The van der Waals surface area contributed by atoms with Crippen LogP contribution in [0.5, 0.6) is 0 Å². The molecule has 1 heterocycles. The number of carbonyl (C=O) groups is 3. The van der Waals surface area contributed by atoms with E-state index in [0.717, 1.165) is 38.5 Å². The number of nitrogens with two attached hydrogens (primary N) is 1. The van der Waals surface area contributed by atoms with Crippen LogP contribution in [-0.4, -0.2) is 65.7 Å². The van der Waals surface area contributed by atoms with Crippen molar-refractivity contribution < 1.29 is 24.2 Å². The maximum Gasteiger partial charge on any atom is 0.326 e. The fourth-order valence-electron chi connectivity index (χ4n) is 6.45. The summed E-state index contributed by atoms with van der Waals surface area (Å²) >= 11 is 0. The molecule has 8 nitrogen and oxygen atoms in total. The Balaban J connectivity index is 1.72. The lowest BCUT2D eigenvalue weighted by molar-refractivity contribution is -0.152. The number of hydrogen-bond acceptors (Lipinski definition) is 6.